The highest BCUT2D eigenvalue weighted by atomic mass is 16.5. The van der Waals surface area contributed by atoms with Gasteiger partial charge < -0.3 is 9.84 Å². The van der Waals surface area contributed by atoms with E-state index in [4.69, 9.17) is 4.74 Å². The van der Waals surface area contributed by atoms with Gasteiger partial charge in [0.15, 0.2) is 12.4 Å². The minimum Gasteiger partial charge on any atom is -0.454 e. The zero-order valence-corrected chi connectivity index (χ0v) is 17.3. The molecule has 0 aromatic carbocycles. The van der Waals surface area contributed by atoms with E-state index in [0.717, 1.165) is 38.2 Å². The number of ether oxygens (including phenoxy) is 1. The van der Waals surface area contributed by atoms with Gasteiger partial charge in [-0.15, -0.1) is 0 Å². The highest BCUT2D eigenvalue weighted by molar-refractivity contribution is 6.01. The van der Waals surface area contributed by atoms with Gasteiger partial charge in [-0.25, -0.2) is 4.79 Å². The molecule has 0 heterocycles. The first-order valence-corrected chi connectivity index (χ1v) is 10.6. The number of Topliss-reactive ketones (excluding diaryl/α,β-unsaturated/α-hetero) is 1. The van der Waals surface area contributed by atoms with Gasteiger partial charge in [-0.1, -0.05) is 32.1 Å². The van der Waals surface area contributed by atoms with Crippen LogP contribution < -0.4 is 0 Å². The molecule has 0 radical (unpaired) electrons. The molecule has 4 aliphatic carbocycles. The second-order valence-corrected chi connectivity index (χ2v) is 9.69. The quantitative estimate of drug-likeness (QED) is 0.580. The monoisotopic (exact) mass is 398 g/mol. The van der Waals surface area contributed by atoms with Crippen molar-refractivity contribution in [3.63, 3.8) is 0 Å². The van der Waals surface area contributed by atoms with Gasteiger partial charge in [0.25, 0.3) is 0 Å². The summed E-state index contributed by atoms with van der Waals surface area (Å²) in [5, 5.41) is 11.5. The number of aliphatic hydroxyl groups is 1. The molecular weight excluding hydrogens is 368 g/mol. The molecule has 4 aliphatic rings. The summed E-state index contributed by atoms with van der Waals surface area (Å²) in [4.78, 5) is 36.2. The van der Waals surface area contributed by atoms with E-state index in [2.05, 4.69) is 19.6 Å². The van der Waals surface area contributed by atoms with Crippen molar-refractivity contribution in [2.24, 2.45) is 28.6 Å². The van der Waals surface area contributed by atoms with Crippen LogP contribution in [0.15, 0.2) is 36.5 Å². The van der Waals surface area contributed by atoms with E-state index in [1.807, 2.05) is 13.0 Å². The van der Waals surface area contributed by atoms with Gasteiger partial charge >= 0.3 is 5.97 Å². The smallest absolute Gasteiger partial charge is 0.330 e. The molecule has 0 unspecified atom stereocenters. The molecule has 3 saturated carbocycles. The Bertz CT molecular complexity index is 838. The summed E-state index contributed by atoms with van der Waals surface area (Å²) in [6.45, 7) is 7.22. The molecule has 5 heteroatoms. The van der Waals surface area contributed by atoms with Crippen molar-refractivity contribution < 1.29 is 24.2 Å². The summed E-state index contributed by atoms with van der Waals surface area (Å²) >= 11 is 0. The van der Waals surface area contributed by atoms with E-state index in [-0.39, 0.29) is 17.1 Å². The molecule has 0 spiro atoms. The Balaban J connectivity index is 1.59. The van der Waals surface area contributed by atoms with Gasteiger partial charge in [-0.05, 0) is 68.4 Å². The summed E-state index contributed by atoms with van der Waals surface area (Å²) in [5.74, 6) is 0.0962. The third-order valence-corrected chi connectivity index (χ3v) is 8.68. The van der Waals surface area contributed by atoms with Gasteiger partial charge in [0.2, 0.25) is 5.78 Å². The minimum absolute atomic E-state index is 0.0754. The Morgan fingerprint density at radius 2 is 1.97 bits per heavy atom. The topological polar surface area (TPSA) is 80.7 Å². The predicted octanol–water partition coefficient (Wildman–Crippen LogP) is 3.32. The lowest BCUT2D eigenvalue weighted by Gasteiger charge is -2.57. The van der Waals surface area contributed by atoms with Crippen LogP contribution in [-0.4, -0.2) is 34.9 Å². The summed E-state index contributed by atoms with van der Waals surface area (Å²) in [5.41, 5.74) is -0.852. The number of carbonyl (C=O) groups excluding carboxylic acids is 3. The molecule has 0 bridgehead atoms. The lowest BCUT2D eigenvalue weighted by molar-refractivity contribution is -0.167. The lowest BCUT2D eigenvalue weighted by Crippen LogP contribution is -2.58. The van der Waals surface area contributed by atoms with E-state index >= 15 is 0 Å². The normalized spacial score (nSPS) is 42.9. The predicted molar refractivity (Wildman–Crippen MR) is 108 cm³/mol. The Kier molecular flexibility index (Phi) is 4.73. The highest BCUT2D eigenvalue weighted by Crippen LogP contribution is 2.67. The Labute approximate surface area is 171 Å². The number of rotatable bonds is 4. The van der Waals surface area contributed by atoms with Crippen LogP contribution in [0.2, 0.25) is 0 Å². The molecule has 4 rings (SSSR count). The van der Waals surface area contributed by atoms with Crippen LogP contribution in [0, 0.1) is 28.6 Å². The summed E-state index contributed by atoms with van der Waals surface area (Å²) < 4.78 is 4.94. The van der Waals surface area contributed by atoms with Crippen molar-refractivity contribution in [1.82, 2.24) is 0 Å². The van der Waals surface area contributed by atoms with Crippen LogP contribution in [0.4, 0.5) is 0 Å². The van der Waals surface area contributed by atoms with Crippen molar-refractivity contribution in [3.8, 4) is 0 Å². The fraction of sp³-hybridized carbons (Fsp3) is 0.625. The third kappa shape index (κ3) is 2.81. The molecule has 6 atom stereocenters. The summed E-state index contributed by atoms with van der Waals surface area (Å²) in [6.07, 6.45) is 11.4. The molecular formula is C24H30O5. The lowest BCUT2D eigenvalue weighted by atomic mass is 9.47. The molecule has 0 aromatic rings. The molecule has 29 heavy (non-hydrogen) atoms. The maximum absolute atomic E-state index is 12.9. The number of allylic oxidation sites excluding steroid dienone is 4. The molecule has 3 fully saturated rings. The molecule has 0 aliphatic heterocycles. The van der Waals surface area contributed by atoms with Crippen LogP contribution in [-0.2, 0) is 19.1 Å². The average Bonchev–Trinajstić information content (AvgIpc) is 2.98. The van der Waals surface area contributed by atoms with E-state index in [9.17, 15) is 19.5 Å². The standard InChI is InChI=1S/C24H30O5/c1-4-21(27)29-14-20(26)24(28)12-9-19-17-6-5-15-13-16(25)7-10-22(15,2)18(17)8-11-23(19,24)3/h4,7,10,13,17-19,28H,1,5-6,8-9,11-12,14H2,2-3H3/t17-,18+,19+,22+,23+,24+/m1/s1. The number of ketones is 2. The van der Waals surface area contributed by atoms with Crippen LogP contribution in [0.25, 0.3) is 0 Å². The molecule has 0 aromatic heterocycles. The van der Waals surface area contributed by atoms with Crippen molar-refractivity contribution >= 4 is 17.5 Å². The Morgan fingerprint density at radius 1 is 1.24 bits per heavy atom. The zero-order valence-electron chi connectivity index (χ0n) is 17.3. The van der Waals surface area contributed by atoms with Gasteiger partial charge in [-0.3, -0.25) is 9.59 Å². The largest absolute Gasteiger partial charge is 0.454 e. The van der Waals surface area contributed by atoms with Gasteiger partial charge in [-0.2, -0.15) is 0 Å². The number of esters is 1. The van der Waals surface area contributed by atoms with Gasteiger partial charge in [0.05, 0.1) is 0 Å². The van der Waals surface area contributed by atoms with Crippen molar-refractivity contribution in [1.29, 1.82) is 0 Å². The first-order valence-electron chi connectivity index (χ1n) is 10.6. The van der Waals surface area contributed by atoms with Crippen LogP contribution in [0.3, 0.4) is 0 Å². The molecule has 0 saturated heterocycles. The first-order chi connectivity index (χ1) is 13.7. The molecule has 1 N–H and O–H groups in total. The molecule has 5 nitrogen and oxygen atoms in total. The molecule has 156 valence electrons. The summed E-state index contributed by atoms with van der Waals surface area (Å²) in [6, 6.07) is 0. The maximum Gasteiger partial charge on any atom is 0.330 e. The molecule has 0 amide bonds. The Hall–Kier alpha value is -2.01. The van der Waals surface area contributed by atoms with E-state index < -0.39 is 29.4 Å². The zero-order chi connectivity index (χ0) is 21.0. The van der Waals surface area contributed by atoms with Crippen LogP contribution in [0.1, 0.15) is 52.4 Å². The van der Waals surface area contributed by atoms with Gasteiger partial charge in [0, 0.05) is 16.9 Å². The number of carbonyl (C=O) groups is 3. The minimum atomic E-state index is -1.46. The van der Waals surface area contributed by atoms with Crippen LogP contribution in [0.5, 0.6) is 0 Å². The highest BCUT2D eigenvalue weighted by Gasteiger charge is 2.66. The SMILES string of the molecule is C=CC(=O)OCC(=O)[C@@]1(O)CC[C@H]2[C@@H]3CCC4=CC(=O)C=C[C@]4(C)[C@H]3CC[C@@]21C. The van der Waals surface area contributed by atoms with E-state index in [1.54, 1.807) is 6.08 Å². The summed E-state index contributed by atoms with van der Waals surface area (Å²) in [7, 11) is 0. The second kappa shape index (κ2) is 6.76. The fourth-order valence-electron chi connectivity index (χ4n) is 6.99. The van der Waals surface area contributed by atoms with Crippen molar-refractivity contribution in [3.05, 3.63) is 36.5 Å². The maximum atomic E-state index is 12.9. The van der Waals surface area contributed by atoms with E-state index in [1.165, 1.54) is 5.57 Å². The number of fused-ring (bicyclic) bond motifs is 5. The fourth-order valence-corrected chi connectivity index (χ4v) is 6.99. The number of hydrogen-bond acceptors (Lipinski definition) is 5. The second-order valence-electron chi connectivity index (χ2n) is 9.69. The van der Waals surface area contributed by atoms with Crippen LogP contribution >= 0.6 is 0 Å². The van der Waals surface area contributed by atoms with Crippen molar-refractivity contribution in [2.45, 2.75) is 58.0 Å². The number of hydrogen-bond donors (Lipinski definition) is 1. The third-order valence-electron chi connectivity index (χ3n) is 8.68. The Morgan fingerprint density at radius 3 is 2.69 bits per heavy atom. The van der Waals surface area contributed by atoms with Crippen molar-refractivity contribution in [2.75, 3.05) is 6.61 Å². The van der Waals surface area contributed by atoms with E-state index in [0.29, 0.717) is 18.3 Å². The average molecular weight is 398 g/mol. The first kappa shape index (κ1) is 20.3. The van der Waals surface area contributed by atoms with Gasteiger partial charge in [0.1, 0.15) is 5.60 Å².